The van der Waals surface area contributed by atoms with Crippen LogP contribution in [0.25, 0.3) is 11.0 Å². The summed E-state index contributed by atoms with van der Waals surface area (Å²) in [4.78, 5) is 4.59. The molecule has 4 nitrogen and oxygen atoms in total. The van der Waals surface area contributed by atoms with Crippen molar-refractivity contribution in [3.63, 3.8) is 0 Å². The molecule has 1 atom stereocenters. The number of aromatic nitrogens is 2. The van der Waals surface area contributed by atoms with Gasteiger partial charge in [0.05, 0.1) is 29.6 Å². The Bertz CT molecular complexity index is 584. The highest BCUT2D eigenvalue weighted by atomic mass is 35.5. The first-order valence-electron chi connectivity index (χ1n) is 7.00. The summed E-state index contributed by atoms with van der Waals surface area (Å²) in [6, 6.07) is 5.73. The summed E-state index contributed by atoms with van der Waals surface area (Å²) in [5, 5.41) is 0.536. The number of imidazole rings is 1. The standard InChI is InChI=1S/C15H20Cl2N2O2/c1-11(16)15-18-13-10-12(17)4-5-14(13)19(15)6-3-7-21-9-8-20-2/h4-5,10-11H,3,6-9H2,1-2H3. The van der Waals surface area contributed by atoms with Gasteiger partial charge in [-0.15, -0.1) is 11.6 Å². The van der Waals surface area contributed by atoms with Crippen LogP contribution >= 0.6 is 23.2 Å². The van der Waals surface area contributed by atoms with Crippen LogP contribution in [-0.2, 0) is 16.0 Å². The summed E-state index contributed by atoms with van der Waals surface area (Å²) < 4.78 is 12.6. The lowest BCUT2D eigenvalue weighted by atomic mass is 10.3. The number of benzene rings is 1. The van der Waals surface area contributed by atoms with Gasteiger partial charge in [0, 0.05) is 25.3 Å². The highest BCUT2D eigenvalue weighted by Gasteiger charge is 2.14. The van der Waals surface area contributed by atoms with E-state index in [1.807, 2.05) is 25.1 Å². The van der Waals surface area contributed by atoms with Gasteiger partial charge in [-0.25, -0.2) is 4.98 Å². The van der Waals surface area contributed by atoms with Gasteiger partial charge >= 0.3 is 0 Å². The molecule has 1 unspecified atom stereocenters. The van der Waals surface area contributed by atoms with Crippen LogP contribution in [0.1, 0.15) is 24.5 Å². The highest BCUT2D eigenvalue weighted by molar-refractivity contribution is 6.31. The zero-order valence-electron chi connectivity index (χ0n) is 12.3. The lowest BCUT2D eigenvalue weighted by Gasteiger charge is -2.10. The smallest absolute Gasteiger partial charge is 0.127 e. The molecule has 1 aromatic carbocycles. The third-order valence-corrected chi connectivity index (χ3v) is 3.63. The lowest BCUT2D eigenvalue weighted by molar-refractivity contribution is 0.0680. The molecular weight excluding hydrogens is 311 g/mol. The van der Waals surface area contributed by atoms with Crippen molar-refractivity contribution in [1.29, 1.82) is 0 Å². The van der Waals surface area contributed by atoms with Gasteiger partial charge in [-0.05, 0) is 31.5 Å². The van der Waals surface area contributed by atoms with Crippen molar-refractivity contribution >= 4 is 34.2 Å². The molecule has 0 N–H and O–H groups in total. The maximum atomic E-state index is 6.24. The molecule has 0 aliphatic carbocycles. The Kier molecular flexibility index (Phi) is 6.30. The van der Waals surface area contributed by atoms with Gasteiger partial charge in [0.25, 0.3) is 0 Å². The summed E-state index contributed by atoms with van der Waals surface area (Å²) in [5.74, 6) is 0.867. The predicted molar refractivity (Wildman–Crippen MR) is 86.3 cm³/mol. The highest BCUT2D eigenvalue weighted by Crippen LogP contribution is 2.26. The van der Waals surface area contributed by atoms with E-state index >= 15 is 0 Å². The van der Waals surface area contributed by atoms with E-state index in [9.17, 15) is 0 Å². The molecule has 1 aromatic heterocycles. The van der Waals surface area contributed by atoms with E-state index in [1.165, 1.54) is 0 Å². The molecule has 0 radical (unpaired) electrons. The molecule has 0 aliphatic heterocycles. The van der Waals surface area contributed by atoms with Crippen LogP contribution in [0.15, 0.2) is 18.2 Å². The van der Waals surface area contributed by atoms with E-state index in [2.05, 4.69) is 9.55 Å². The summed E-state index contributed by atoms with van der Waals surface area (Å²) >= 11 is 12.3. The molecule has 0 amide bonds. The number of hydrogen-bond donors (Lipinski definition) is 0. The third kappa shape index (κ3) is 4.33. The molecule has 21 heavy (non-hydrogen) atoms. The minimum absolute atomic E-state index is 0.148. The van der Waals surface area contributed by atoms with Crippen molar-refractivity contribution in [3.05, 3.63) is 29.0 Å². The Hall–Kier alpha value is -0.810. The fourth-order valence-corrected chi connectivity index (χ4v) is 2.56. The number of aryl methyl sites for hydroxylation is 1. The zero-order chi connectivity index (χ0) is 15.2. The molecule has 0 saturated carbocycles. The van der Waals surface area contributed by atoms with E-state index in [1.54, 1.807) is 7.11 Å². The molecule has 2 rings (SSSR count). The molecule has 2 aromatic rings. The molecular formula is C15H20Cl2N2O2. The molecule has 0 saturated heterocycles. The van der Waals surface area contributed by atoms with E-state index in [0.29, 0.717) is 24.8 Å². The van der Waals surface area contributed by atoms with Crippen LogP contribution < -0.4 is 0 Å². The molecule has 0 aliphatic rings. The largest absolute Gasteiger partial charge is 0.382 e. The first-order valence-corrected chi connectivity index (χ1v) is 7.81. The van der Waals surface area contributed by atoms with Crippen LogP contribution in [0.3, 0.4) is 0 Å². The average molecular weight is 331 g/mol. The Morgan fingerprint density at radius 2 is 2.10 bits per heavy atom. The monoisotopic (exact) mass is 330 g/mol. The third-order valence-electron chi connectivity index (χ3n) is 3.20. The summed E-state index contributed by atoms with van der Waals surface area (Å²) in [6.07, 6.45) is 0.897. The number of hydrogen-bond acceptors (Lipinski definition) is 3. The Morgan fingerprint density at radius 3 is 2.81 bits per heavy atom. The van der Waals surface area contributed by atoms with Gasteiger partial charge in [-0.1, -0.05) is 11.6 Å². The molecule has 116 valence electrons. The molecule has 6 heteroatoms. The fourth-order valence-electron chi connectivity index (χ4n) is 2.23. The van der Waals surface area contributed by atoms with E-state index < -0.39 is 0 Å². The molecule has 0 bridgehead atoms. The normalized spacial score (nSPS) is 13.0. The van der Waals surface area contributed by atoms with Gasteiger partial charge in [0.2, 0.25) is 0 Å². The minimum Gasteiger partial charge on any atom is -0.382 e. The second-order valence-corrected chi connectivity index (χ2v) is 5.92. The average Bonchev–Trinajstić information content (AvgIpc) is 2.80. The van der Waals surface area contributed by atoms with Gasteiger partial charge in [-0.2, -0.15) is 0 Å². The van der Waals surface area contributed by atoms with Crippen molar-refractivity contribution in [2.75, 3.05) is 26.9 Å². The Morgan fingerprint density at radius 1 is 1.29 bits per heavy atom. The van der Waals surface area contributed by atoms with Crippen molar-refractivity contribution in [2.24, 2.45) is 0 Å². The second-order valence-electron chi connectivity index (χ2n) is 4.83. The minimum atomic E-state index is -0.148. The van der Waals surface area contributed by atoms with Crippen LogP contribution in [0.2, 0.25) is 5.02 Å². The maximum absolute atomic E-state index is 6.24. The Balaban J connectivity index is 2.08. The number of alkyl halides is 1. The topological polar surface area (TPSA) is 36.3 Å². The van der Waals surface area contributed by atoms with Crippen molar-refractivity contribution < 1.29 is 9.47 Å². The fraction of sp³-hybridized carbons (Fsp3) is 0.533. The number of methoxy groups -OCH3 is 1. The van der Waals surface area contributed by atoms with Crippen molar-refractivity contribution in [3.8, 4) is 0 Å². The summed E-state index contributed by atoms with van der Waals surface area (Å²) in [5.41, 5.74) is 1.93. The number of halogens is 2. The van der Waals surface area contributed by atoms with Crippen LogP contribution in [0.5, 0.6) is 0 Å². The SMILES string of the molecule is COCCOCCCn1c(C(C)Cl)nc2cc(Cl)ccc21. The number of ether oxygens (including phenoxy) is 2. The summed E-state index contributed by atoms with van der Waals surface area (Å²) in [7, 11) is 1.67. The Labute approximate surface area is 135 Å². The van der Waals surface area contributed by atoms with E-state index in [0.717, 1.165) is 29.8 Å². The molecule has 0 fully saturated rings. The van der Waals surface area contributed by atoms with Gasteiger partial charge in [0.1, 0.15) is 5.82 Å². The molecule has 0 spiro atoms. The van der Waals surface area contributed by atoms with Crippen LogP contribution in [-0.4, -0.2) is 36.5 Å². The van der Waals surface area contributed by atoms with E-state index in [-0.39, 0.29) is 5.38 Å². The van der Waals surface area contributed by atoms with E-state index in [4.69, 9.17) is 32.7 Å². The molecule has 1 heterocycles. The first-order chi connectivity index (χ1) is 10.1. The van der Waals surface area contributed by atoms with Crippen molar-refractivity contribution in [1.82, 2.24) is 9.55 Å². The van der Waals surface area contributed by atoms with Crippen molar-refractivity contribution in [2.45, 2.75) is 25.3 Å². The zero-order valence-corrected chi connectivity index (χ0v) is 13.8. The lowest BCUT2D eigenvalue weighted by Crippen LogP contribution is -2.09. The predicted octanol–water partition coefficient (Wildman–Crippen LogP) is 4.04. The van der Waals surface area contributed by atoms with Crippen LogP contribution in [0, 0.1) is 0 Å². The van der Waals surface area contributed by atoms with Gasteiger partial charge < -0.3 is 14.0 Å². The van der Waals surface area contributed by atoms with Gasteiger partial charge in [-0.3, -0.25) is 0 Å². The quantitative estimate of drug-likeness (QED) is 0.541. The van der Waals surface area contributed by atoms with Gasteiger partial charge in [0.15, 0.2) is 0 Å². The first kappa shape index (κ1) is 16.6. The maximum Gasteiger partial charge on any atom is 0.127 e. The number of fused-ring (bicyclic) bond motifs is 1. The number of nitrogens with zero attached hydrogens (tertiary/aromatic N) is 2. The second kappa shape index (κ2) is 7.99. The van der Waals surface area contributed by atoms with Crippen LogP contribution in [0.4, 0.5) is 0 Å². The number of rotatable bonds is 8. The summed E-state index contributed by atoms with van der Waals surface area (Å²) in [6.45, 7) is 4.67.